The molecule has 2 unspecified atom stereocenters. The van der Waals surface area contributed by atoms with E-state index in [9.17, 15) is 14.7 Å². The van der Waals surface area contributed by atoms with Crippen LogP contribution in [-0.4, -0.2) is 29.7 Å². The summed E-state index contributed by atoms with van der Waals surface area (Å²) >= 11 is 0. The molecule has 1 aromatic rings. The van der Waals surface area contributed by atoms with Crippen LogP contribution in [0.15, 0.2) is 24.3 Å². The number of carbonyl (C=O) groups excluding carboxylic acids is 1. The lowest BCUT2D eigenvalue weighted by molar-refractivity contribution is -0.140. The number of ether oxygens (including phenoxy) is 1. The van der Waals surface area contributed by atoms with Crippen LogP contribution in [0.5, 0.6) is 0 Å². The Labute approximate surface area is 123 Å². The fraction of sp³-hybridized carbons (Fsp3) is 0.500. The molecular formula is C16H19NO4. The molecule has 5 nitrogen and oxygen atoms in total. The smallest absolute Gasteiger partial charge is 0.314 e. The van der Waals surface area contributed by atoms with Gasteiger partial charge < -0.3 is 15.2 Å². The van der Waals surface area contributed by atoms with Crippen LogP contribution in [0.1, 0.15) is 31.7 Å². The van der Waals surface area contributed by atoms with Crippen molar-refractivity contribution in [3.8, 4) is 0 Å². The van der Waals surface area contributed by atoms with Crippen LogP contribution in [0, 0.1) is 5.92 Å². The second-order valence-corrected chi connectivity index (χ2v) is 5.92. The fourth-order valence-corrected chi connectivity index (χ4v) is 2.93. The topological polar surface area (TPSA) is 75.6 Å². The van der Waals surface area contributed by atoms with Crippen molar-refractivity contribution >= 4 is 17.6 Å². The van der Waals surface area contributed by atoms with Gasteiger partial charge in [-0.2, -0.15) is 0 Å². The SMILES string of the molecule is CC1OCCC1C(=O)Nc1ccc(C2(C(=O)O)CC2)cc1. The first kappa shape index (κ1) is 14.1. The highest BCUT2D eigenvalue weighted by Gasteiger charge is 2.51. The number of carboxylic acid groups (broad SMARTS) is 1. The molecule has 0 spiro atoms. The molecule has 1 heterocycles. The molecule has 0 radical (unpaired) electrons. The molecule has 2 fully saturated rings. The monoisotopic (exact) mass is 289 g/mol. The van der Waals surface area contributed by atoms with Crippen molar-refractivity contribution < 1.29 is 19.4 Å². The van der Waals surface area contributed by atoms with E-state index in [0.29, 0.717) is 25.1 Å². The van der Waals surface area contributed by atoms with Gasteiger partial charge in [-0.05, 0) is 43.9 Å². The van der Waals surface area contributed by atoms with Gasteiger partial charge in [0.1, 0.15) is 0 Å². The lowest BCUT2D eigenvalue weighted by Gasteiger charge is -2.15. The summed E-state index contributed by atoms with van der Waals surface area (Å²) in [7, 11) is 0. The van der Waals surface area contributed by atoms with Crippen LogP contribution in [0.2, 0.25) is 0 Å². The molecular weight excluding hydrogens is 270 g/mol. The van der Waals surface area contributed by atoms with E-state index in [1.54, 1.807) is 24.3 Å². The average molecular weight is 289 g/mol. The summed E-state index contributed by atoms with van der Waals surface area (Å²) < 4.78 is 5.40. The standard InChI is InChI=1S/C16H19NO4/c1-10-13(6-9-21-10)14(18)17-12-4-2-11(3-5-12)16(7-8-16)15(19)20/h2-5,10,13H,6-9H2,1H3,(H,17,18)(H,19,20). The second-order valence-electron chi connectivity index (χ2n) is 5.92. The Hall–Kier alpha value is -1.88. The Balaban J connectivity index is 1.68. The van der Waals surface area contributed by atoms with Gasteiger partial charge in [-0.15, -0.1) is 0 Å². The van der Waals surface area contributed by atoms with Crippen molar-refractivity contribution in [1.29, 1.82) is 0 Å². The Morgan fingerprint density at radius 3 is 2.43 bits per heavy atom. The third-order valence-corrected chi connectivity index (χ3v) is 4.58. The van der Waals surface area contributed by atoms with Gasteiger partial charge in [-0.1, -0.05) is 12.1 Å². The van der Waals surface area contributed by atoms with Crippen LogP contribution < -0.4 is 5.32 Å². The molecule has 1 saturated carbocycles. The van der Waals surface area contributed by atoms with Gasteiger partial charge in [-0.25, -0.2) is 0 Å². The van der Waals surface area contributed by atoms with Gasteiger partial charge in [0.2, 0.25) is 5.91 Å². The summed E-state index contributed by atoms with van der Waals surface area (Å²) in [5.41, 5.74) is 0.811. The highest BCUT2D eigenvalue weighted by Crippen LogP contribution is 2.48. The molecule has 112 valence electrons. The molecule has 1 aromatic carbocycles. The molecule has 0 aromatic heterocycles. The molecule has 1 aliphatic carbocycles. The van der Waals surface area contributed by atoms with E-state index in [-0.39, 0.29) is 17.9 Å². The van der Waals surface area contributed by atoms with Crippen LogP contribution in [0.25, 0.3) is 0 Å². The quantitative estimate of drug-likeness (QED) is 0.890. The van der Waals surface area contributed by atoms with Crippen molar-refractivity contribution in [1.82, 2.24) is 0 Å². The zero-order valence-electron chi connectivity index (χ0n) is 12.0. The first-order chi connectivity index (χ1) is 10.0. The van der Waals surface area contributed by atoms with E-state index in [0.717, 1.165) is 12.0 Å². The van der Waals surface area contributed by atoms with Crippen molar-refractivity contribution in [2.45, 2.75) is 37.7 Å². The zero-order valence-corrected chi connectivity index (χ0v) is 12.0. The first-order valence-electron chi connectivity index (χ1n) is 7.29. The number of benzene rings is 1. The number of carbonyl (C=O) groups is 2. The maximum absolute atomic E-state index is 12.1. The molecule has 3 rings (SSSR count). The van der Waals surface area contributed by atoms with Gasteiger partial charge in [0.15, 0.2) is 0 Å². The van der Waals surface area contributed by atoms with Crippen molar-refractivity contribution in [3.05, 3.63) is 29.8 Å². The zero-order chi connectivity index (χ0) is 15.0. The number of hydrogen-bond donors (Lipinski definition) is 2. The minimum Gasteiger partial charge on any atom is -0.481 e. The number of rotatable bonds is 4. The number of amides is 1. The number of nitrogens with one attached hydrogen (secondary N) is 1. The fourth-order valence-electron chi connectivity index (χ4n) is 2.93. The predicted molar refractivity (Wildman–Crippen MR) is 77.1 cm³/mol. The molecule has 1 saturated heterocycles. The van der Waals surface area contributed by atoms with E-state index >= 15 is 0 Å². The van der Waals surface area contributed by atoms with Crippen LogP contribution in [0.3, 0.4) is 0 Å². The predicted octanol–water partition coefficient (Wildman–Crippen LogP) is 2.17. The summed E-state index contributed by atoms with van der Waals surface area (Å²) in [6.07, 6.45) is 2.06. The second kappa shape index (κ2) is 5.15. The summed E-state index contributed by atoms with van der Waals surface area (Å²) in [6, 6.07) is 7.14. The Morgan fingerprint density at radius 2 is 1.95 bits per heavy atom. The van der Waals surface area contributed by atoms with Gasteiger partial charge in [0.25, 0.3) is 0 Å². The van der Waals surface area contributed by atoms with Crippen molar-refractivity contribution in [3.63, 3.8) is 0 Å². The van der Waals surface area contributed by atoms with Crippen molar-refractivity contribution in [2.75, 3.05) is 11.9 Å². The van der Waals surface area contributed by atoms with Crippen LogP contribution in [-0.2, 0) is 19.7 Å². The average Bonchev–Trinajstić information content (AvgIpc) is 3.16. The molecule has 2 aliphatic rings. The lowest BCUT2D eigenvalue weighted by atomic mass is 9.96. The highest BCUT2D eigenvalue weighted by molar-refractivity contribution is 5.93. The number of carboxylic acids is 1. The molecule has 5 heteroatoms. The summed E-state index contributed by atoms with van der Waals surface area (Å²) in [4.78, 5) is 23.4. The van der Waals surface area contributed by atoms with Gasteiger partial charge in [-0.3, -0.25) is 9.59 Å². The van der Waals surface area contributed by atoms with E-state index in [1.807, 2.05) is 6.92 Å². The van der Waals surface area contributed by atoms with E-state index < -0.39 is 11.4 Å². The van der Waals surface area contributed by atoms with E-state index in [4.69, 9.17) is 4.74 Å². The summed E-state index contributed by atoms with van der Waals surface area (Å²) in [6.45, 7) is 2.53. The molecule has 2 N–H and O–H groups in total. The minimum atomic E-state index is -0.767. The maximum Gasteiger partial charge on any atom is 0.314 e. The molecule has 2 atom stereocenters. The Morgan fingerprint density at radius 1 is 1.29 bits per heavy atom. The number of hydrogen-bond acceptors (Lipinski definition) is 3. The molecule has 0 bridgehead atoms. The maximum atomic E-state index is 12.1. The lowest BCUT2D eigenvalue weighted by Crippen LogP contribution is -2.27. The minimum absolute atomic E-state index is 0.0351. The van der Waals surface area contributed by atoms with E-state index in [1.165, 1.54) is 0 Å². The first-order valence-corrected chi connectivity index (χ1v) is 7.29. The van der Waals surface area contributed by atoms with Gasteiger partial charge in [0, 0.05) is 12.3 Å². The largest absolute Gasteiger partial charge is 0.481 e. The summed E-state index contributed by atoms with van der Waals surface area (Å²) in [5.74, 6) is -0.915. The van der Waals surface area contributed by atoms with E-state index in [2.05, 4.69) is 5.32 Å². The molecule has 21 heavy (non-hydrogen) atoms. The Kier molecular flexibility index (Phi) is 3.45. The molecule has 1 aliphatic heterocycles. The number of anilines is 1. The van der Waals surface area contributed by atoms with Crippen LogP contribution in [0.4, 0.5) is 5.69 Å². The van der Waals surface area contributed by atoms with Gasteiger partial charge in [0.05, 0.1) is 17.4 Å². The van der Waals surface area contributed by atoms with Crippen LogP contribution >= 0.6 is 0 Å². The van der Waals surface area contributed by atoms with Crippen molar-refractivity contribution in [2.24, 2.45) is 5.92 Å². The van der Waals surface area contributed by atoms with Gasteiger partial charge >= 0.3 is 5.97 Å². The normalized spacial score (nSPS) is 26.3. The third-order valence-electron chi connectivity index (χ3n) is 4.58. The third kappa shape index (κ3) is 2.53. The molecule has 1 amide bonds. The number of aliphatic carboxylic acids is 1. The highest BCUT2D eigenvalue weighted by atomic mass is 16.5. The Bertz CT molecular complexity index is 562. The summed E-state index contributed by atoms with van der Waals surface area (Å²) in [5, 5.41) is 12.1.